The zero-order valence-corrected chi connectivity index (χ0v) is 10.4. The first-order chi connectivity index (χ1) is 8.32. The molecule has 0 saturated heterocycles. The Morgan fingerprint density at radius 3 is 2.61 bits per heavy atom. The average Bonchev–Trinajstić information content (AvgIpc) is 2.69. The third-order valence-electron chi connectivity index (χ3n) is 2.40. The van der Waals surface area contributed by atoms with E-state index in [1.165, 1.54) is 10.3 Å². The van der Waals surface area contributed by atoms with Gasteiger partial charge in [-0.2, -0.15) is 13.2 Å². The topological polar surface area (TPSA) is 33.2 Å². The molecular weight excluding hydrogens is 265 g/mol. The number of aromatic nitrogens is 1. The Kier molecular flexibility index (Phi) is 3.02. The second kappa shape index (κ2) is 4.24. The van der Waals surface area contributed by atoms with Crippen molar-refractivity contribution in [2.24, 2.45) is 0 Å². The number of fused-ring (bicyclic) bond motifs is 1. The van der Waals surface area contributed by atoms with E-state index in [4.69, 9.17) is 0 Å². The summed E-state index contributed by atoms with van der Waals surface area (Å²) < 4.78 is 38.3. The number of carbonyl (C=O) groups excluding carboxylic acids is 1. The molecule has 0 aromatic carbocycles. The summed E-state index contributed by atoms with van der Waals surface area (Å²) >= 11 is 0.883. The minimum absolute atomic E-state index is 0.00444. The van der Waals surface area contributed by atoms with Crippen LogP contribution in [0.1, 0.15) is 15.9 Å². The third-order valence-corrected chi connectivity index (χ3v) is 3.40. The van der Waals surface area contributed by atoms with Gasteiger partial charge >= 0.3 is 6.18 Å². The zero-order valence-electron chi connectivity index (χ0n) is 9.58. The van der Waals surface area contributed by atoms with Gasteiger partial charge in [-0.1, -0.05) is 0 Å². The van der Waals surface area contributed by atoms with Crippen LogP contribution in [-0.2, 0) is 6.18 Å². The first-order valence-electron chi connectivity index (χ1n) is 4.97. The van der Waals surface area contributed by atoms with Crippen molar-refractivity contribution < 1.29 is 18.0 Å². The Morgan fingerprint density at radius 2 is 2.06 bits per heavy atom. The molecule has 0 atom stereocenters. The summed E-state index contributed by atoms with van der Waals surface area (Å²) in [5, 5.41) is 1.41. The molecular formula is C11H9F3N2OS. The fourth-order valence-electron chi connectivity index (χ4n) is 1.55. The van der Waals surface area contributed by atoms with Gasteiger partial charge in [0.05, 0.1) is 21.3 Å². The molecule has 1 amide bonds. The van der Waals surface area contributed by atoms with Gasteiger partial charge in [-0.25, -0.2) is 0 Å². The number of pyridine rings is 1. The number of thiophene rings is 1. The number of rotatable bonds is 1. The monoisotopic (exact) mass is 274 g/mol. The summed E-state index contributed by atoms with van der Waals surface area (Å²) in [6.07, 6.45) is -3.37. The van der Waals surface area contributed by atoms with Crippen molar-refractivity contribution in [3.8, 4) is 0 Å². The van der Waals surface area contributed by atoms with Gasteiger partial charge in [0.25, 0.3) is 5.91 Å². The fourth-order valence-corrected chi connectivity index (χ4v) is 2.58. The number of hydrogen-bond donors (Lipinski definition) is 0. The van der Waals surface area contributed by atoms with Crippen molar-refractivity contribution in [3.63, 3.8) is 0 Å². The van der Waals surface area contributed by atoms with E-state index in [1.54, 1.807) is 14.1 Å². The number of amides is 1. The van der Waals surface area contributed by atoms with E-state index in [0.717, 1.165) is 23.6 Å². The van der Waals surface area contributed by atoms with Crippen molar-refractivity contribution >= 4 is 27.5 Å². The lowest BCUT2D eigenvalue weighted by Gasteiger charge is -2.09. The predicted molar refractivity (Wildman–Crippen MR) is 62.6 cm³/mol. The zero-order chi connectivity index (χ0) is 13.5. The molecule has 0 spiro atoms. The standard InChI is InChI=1S/C11H9F3N2OS/c1-16(2)10(17)6-5-18-9-7(11(12,13)14)3-4-15-8(6)9/h3-5H,1-2H3. The minimum atomic E-state index is -4.44. The molecule has 0 N–H and O–H groups in total. The molecule has 0 saturated carbocycles. The van der Waals surface area contributed by atoms with Gasteiger partial charge in [-0.3, -0.25) is 9.78 Å². The highest BCUT2D eigenvalue weighted by Gasteiger charge is 2.34. The highest BCUT2D eigenvalue weighted by atomic mass is 32.1. The molecule has 0 unspecified atom stereocenters. The van der Waals surface area contributed by atoms with E-state index in [1.807, 2.05) is 0 Å². The summed E-state index contributed by atoms with van der Waals surface area (Å²) in [4.78, 5) is 17.0. The molecule has 0 aliphatic carbocycles. The van der Waals surface area contributed by atoms with Crippen molar-refractivity contribution in [3.05, 3.63) is 28.8 Å². The Morgan fingerprint density at radius 1 is 1.39 bits per heavy atom. The summed E-state index contributed by atoms with van der Waals surface area (Å²) in [5.74, 6) is -0.354. The molecule has 2 aromatic rings. The van der Waals surface area contributed by atoms with Gasteiger partial charge in [0.15, 0.2) is 0 Å². The number of hydrogen-bond acceptors (Lipinski definition) is 3. The van der Waals surface area contributed by atoms with Gasteiger partial charge in [0.1, 0.15) is 0 Å². The Bertz CT molecular complexity index is 604. The minimum Gasteiger partial charge on any atom is -0.345 e. The quantitative estimate of drug-likeness (QED) is 0.801. The molecule has 96 valence electrons. The highest BCUT2D eigenvalue weighted by molar-refractivity contribution is 7.17. The maximum atomic E-state index is 12.8. The number of alkyl halides is 3. The van der Waals surface area contributed by atoms with Gasteiger partial charge in [-0.05, 0) is 6.07 Å². The fraction of sp³-hybridized carbons (Fsp3) is 0.273. The molecule has 2 aromatic heterocycles. The highest BCUT2D eigenvalue weighted by Crippen LogP contribution is 2.37. The van der Waals surface area contributed by atoms with Crippen LogP contribution in [0.5, 0.6) is 0 Å². The van der Waals surface area contributed by atoms with E-state index in [-0.39, 0.29) is 21.7 Å². The van der Waals surface area contributed by atoms with Crippen LogP contribution in [-0.4, -0.2) is 29.9 Å². The predicted octanol–water partition coefficient (Wildman–Crippen LogP) is 3.02. The summed E-state index contributed by atoms with van der Waals surface area (Å²) in [7, 11) is 3.08. The normalized spacial score (nSPS) is 11.8. The second-order valence-electron chi connectivity index (χ2n) is 3.88. The van der Waals surface area contributed by atoms with Gasteiger partial charge in [0.2, 0.25) is 0 Å². The SMILES string of the molecule is CN(C)C(=O)c1csc2c(C(F)(F)F)ccnc12. The lowest BCUT2D eigenvalue weighted by atomic mass is 10.2. The summed E-state index contributed by atoms with van der Waals surface area (Å²) in [6.45, 7) is 0. The largest absolute Gasteiger partial charge is 0.417 e. The summed E-state index contributed by atoms with van der Waals surface area (Å²) in [5.41, 5.74) is -0.449. The first kappa shape index (κ1) is 12.8. The Balaban J connectivity index is 2.66. The van der Waals surface area contributed by atoms with Crippen LogP contribution in [0.2, 0.25) is 0 Å². The van der Waals surface area contributed by atoms with Crippen LogP contribution in [0.25, 0.3) is 10.2 Å². The lowest BCUT2D eigenvalue weighted by Crippen LogP contribution is -2.21. The molecule has 18 heavy (non-hydrogen) atoms. The van der Waals surface area contributed by atoms with Crippen molar-refractivity contribution in [2.75, 3.05) is 14.1 Å². The van der Waals surface area contributed by atoms with Gasteiger partial charge < -0.3 is 4.90 Å². The molecule has 0 bridgehead atoms. The van der Waals surface area contributed by atoms with E-state index in [2.05, 4.69) is 4.98 Å². The lowest BCUT2D eigenvalue weighted by molar-refractivity contribution is -0.136. The second-order valence-corrected chi connectivity index (χ2v) is 4.76. The molecule has 0 radical (unpaired) electrons. The Labute approximate surface area is 105 Å². The third kappa shape index (κ3) is 2.05. The molecule has 0 aliphatic heterocycles. The maximum absolute atomic E-state index is 12.8. The van der Waals surface area contributed by atoms with Crippen LogP contribution in [0, 0.1) is 0 Å². The van der Waals surface area contributed by atoms with Crippen LogP contribution >= 0.6 is 11.3 Å². The molecule has 0 aliphatic rings. The summed E-state index contributed by atoms with van der Waals surface area (Å²) in [6, 6.07) is 0.919. The molecule has 3 nitrogen and oxygen atoms in total. The average molecular weight is 274 g/mol. The van der Waals surface area contributed by atoms with Gasteiger partial charge in [-0.15, -0.1) is 11.3 Å². The van der Waals surface area contributed by atoms with E-state index in [0.29, 0.717) is 0 Å². The number of carbonyl (C=O) groups is 1. The van der Waals surface area contributed by atoms with Crippen molar-refractivity contribution in [1.82, 2.24) is 9.88 Å². The maximum Gasteiger partial charge on any atom is 0.417 e. The Hall–Kier alpha value is -1.63. The number of nitrogens with zero attached hydrogens (tertiary/aromatic N) is 2. The van der Waals surface area contributed by atoms with Gasteiger partial charge in [0, 0.05) is 25.7 Å². The van der Waals surface area contributed by atoms with Crippen molar-refractivity contribution in [2.45, 2.75) is 6.18 Å². The molecule has 2 rings (SSSR count). The van der Waals surface area contributed by atoms with E-state index < -0.39 is 11.7 Å². The van der Waals surface area contributed by atoms with Crippen LogP contribution < -0.4 is 0 Å². The first-order valence-corrected chi connectivity index (χ1v) is 5.85. The van der Waals surface area contributed by atoms with Crippen LogP contribution in [0.4, 0.5) is 13.2 Å². The molecule has 7 heteroatoms. The van der Waals surface area contributed by atoms with E-state index in [9.17, 15) is 18.0 Å². The molecule has 0 fully saturated rings. The van der Waals surface area contributed by atoms with Crippen molar-refractivity contribution in [1.29, 1.82) is 0 Å². The smallest absolute Gasteiger partial charge is 0.345 e. The van der Waals surface area contributed by atoms with Crippen LogP contribution in [0.15, 0.2) is 17.6 Å². The number of halogens is 3. The van der Waals surface area contributed by atoms with E-state index >= 15 is 0 Å². The van der Waals surface area contributed by atoms with Crippen LogP contribution in [0.3, 0.4) is 0 Å². The molecule has 2 heterocycles.